The summed E-state index contributed by atoms with van der Waals surface area (Å²) < 4.78 is 5.54. The van der Waals surface area contributed by atoms with E-state index in [9.17, 15) is 0 Å². The van der Waals surface area contributed by atoms with E-state index in [1.54, 1.807) is 0 Å². The molecule has 1 aliphatic rings. The Kier molecular flexibility index (Phi) is 1.97. The van der Waals surface area contributed by atoms with Gasteiger partial charge < -0.3 is 4.74 Å². The minimum Gasteiger partial charge on any atom is -0.473 e. The van der Waals surface area contributed by atoms with Crippen molar-refractivity contribution < 1.29 is 4.74 Å². The molecule has 1 rings (SSSR count). The molecular formula is C8H15NO. The second-order valence-electron chi connectivity index (χ2n) is 3.32. The zero-order valence-electron chi connectivity index (χ0n) is 6.98. The van der Waals surface area contributed by atoms with E-state index in [4.69, 9.17) is 4.74 Å². The second-order valence-corrected chi connectivity index (χ2v) is 3.32. The van der Waals surface area contributed by atoms with Crippen molar-refractivity contribution in [1.82, 2.24) is 0 Å². The first-order valence-corrected chi connectivity index (χ1v) is 3.86. The number of aliphatic imine (C=N–C) groups is 1. The molecule has 0 saturated carbocycles. The number of hydrogen-bond donors (Lipinski definition) is 0. The van der Waals surface area contributed by atoms with Crippen LogP contribution in [0.25, 0.3) is 0 Å². The standard InChI is InChI=1S/C8H15NO/c1-4-5-7-9-6-8(2,3)10-7/h4-6H2,1-3H3. The van der Waals surface area contributed by atoms with Gasteiger partial charge in [-0.2, -0.15) is 0 Å². The lowest BCUT2D eigenvalue weighted by Gasteiger charge is -2.16. The Morgan fingerprint density at radius 1 is 1.60 bits per heavy atom. The van der Waals surface area contributed by atoms with Crippen molar-refractivity contribution in [2.45, 2.75) is 39.2 Å². The van der Waals surface area contributed by atoms with Gasteiger partial charge >= 0.3 is 0 Å². The SMILES string of the molecule is CCCC1=NCC(C)(C)O1. The molecule has 0 atom stereocenters. The molecule has 0 N–H and O–H groups in total. The van der Waals surface area contributed by atoms with Gasteiger partial charge in [-0.1, -0.05) is 6.92 Å². The van der Waals surface area contributed by atoms with E-state index in [-0.39, 0.29) is 5.60 Å². The maximum Gasteiger partial charge on any atom is 0.184 e. The van der Waals surface area contributed by atoms with Crippen molar-refractivity contribution in [3.8, 4) is 0 Å². The molecule has 10 heavy (non-hydrogen) atoms. The van der Waals surface area contributed by atoms with Crippen molar-refractivity contribution in [3.63, 3.8) is 0 Å². The van der Waals surface area contributed by atoms with Gasteiger partial charge in [0.25, 0.3) is 0 Å². The van der Waals surface area contributed by atoms with Crippen LogP contribution in [0.2, 0.25) is 0 Å². The van der Waals surface area contributed by atoms with E-state index in [1.165, 1.54) is 0 Å². The van der Waals surface area contributed by atoms with Gasteiger partial charge in [-0.25, -0.2) is 0 Å². The zero-order chi connectivity index (χ0) is 7.61. The molecule has 1 aliphatic heterocycles. The Balaban J connectivity index is 2.39. The molecular weight excluding hydrogens is 126 g/mol. The minimum absolute atomic E-state index is 0.0372. The Hall–Kier alpha value is -0.530. The molecule has 0 bridgehead atoms. The van der Waals surface area contributed by atoms with Crippen molar-refractivity contribution in [1.29, 1.82) is 0 Å². The van der Waals surface area contributed by atoms with Crippen LogP contribution in [-0.2, 0) is 4.74 Å². The molecule has 0 amide bonds. The third kappa shape index (κ3) is 1.72. The smallest absolute Gasteiger partial charge is 0.184 e. The molecule has 0 aromatic carbocycles. The van der Waals surface area contributed by atoms with Gasteiger partial charge in [0, 0.05) is 6.42 Å². The zero-order valence-corrected chi connectivity index (χ0v) is 6.98. The molecule has 2 nitrogen and oxygen atoms in total. The van der Waals surface area contributed by atoms with E-state index < -0.39 is 0 Å². The number of nitrogens with zero attached hydrogens (tertiary/aromatic N) is 1. The van der Waals surface area contributed by atoms with Gasteiger partial charge in [0.15, 0.2) is 5.90 Å². The number of ether oxygens (including phenoxy) is 1. The second kappa shape index (κ2) is 2.60. The van der Waals surface area contributed by atoms with Gasteiger partial charge in [0.05, 0.1) is 6.54 Å². The lowest BCUT2D eigenvalue weighted by atomic mass is 10.1. The Morgan fingerprint density at radius 3 is 2.70 bits per heavy atom. The topological polar surface area (TPSA) is 21.6 Å². The average molecular weight is 141 g/mol. The fourth-order valence-corrected chi connectivity index (χ4v) is 1.01. The molecule has 0 unspecified atom stereocenters. The van der Waals surface area contributed by atoms with Crippen LogP contribution in [0.15, 0.2) is 4.99 Å². The lowest BCUT2D eigenvalue weighted by Crippen LogP contribution is -2.23. The Bertz CT molecular complexity index is 149. The summed E-state index contributed by atoms with van der Waals surface area (Å²) in [4.78, 5) is 4.27. The largest absolute Gasteiger partial charge is 0.473 e. The number of hydrogen-bond acceptors (Lipinski definition) is 2. The molecule has 0 aromatic rings. The molecule has 0 saturated heterocycles. The molecule has 0 fully saturated rings. The van der Waals surface area contributed by atoms with Crippen LogP contribution in [0.3, 0.4) is 0 Å². The summed E-state index contributed by atoms with van der Waals surface area (Å²) in [6, 6.07) is 0. The van der Waals surface area contributed by atoms with Gasteiger partial charge in [0.2, 0.25) is 0 Å². The molecule has 0 spiro atoms. The third-order valence-electron chi connectivity index (χ3n) is 1.49. The monoisotopic (exact) mass is 141 g/mol. The van der Waals surface area contributed by atoms with Crippen molar-refractivity contribution in [3.05, 3.63) is 0 Å². The molecule has 2 heteroatoms. The van der Waals surface area contributed by atoms with E-state index >= 15 is 0 Å². The van der Waals surface area contributed by atoms with Gasteiger partial charge in [0.1, 0.15) is 5.60 Å². The summed E-state index contributed by atoms with van der Waals surface area (Å²) in [6.07, 6.45) is 2.11. The molecule has 1 heterocycles. The minimum atomic E-state index is -0.0372. The lowest BCUT2D eigenvalue weighted by molar-refractivity contribution is 0.126. The fourth-order valence-electron chi connectivity index (χ4n) is 1.01. The van der Waals surface area contributed by atoms with Gasteiger partial charge in [-0.3, -0.25) is 4.99 Å². The highest BCUT2D eigenvalue weighted by atomic mass is 16.5. The number of rotatable bonds is 2. The highest BCUT2D eigenvalue weighted by Crippen LogP contribution is 2.18. The van der Waals surface area contributed by atoms with Crippen LogP contribution in [0.4, 0.5) is 0 Å². The quantitative estimate of drug-likeness (QED) is 0.576. The molecule has 0 aliphatic carbocycles. The van der Waals surface area contributed by atoms with Crippen molar-refractivity contribution in [2.75, 3.05) is 6.54 Å². The first-order chi connectivity index (χ1) is 4.64. The van der Waals surface area contributed by atoms with Crippen LogP contribution >= 0.6 is 0 Å². The molecule has 58 valence electrons. The maximum absolute atomic E-state index is 5.54. The van der Waals surface area contributed by atoms with E-state index in [1.807, 2.05) is 0 Å². The van der Waals surface area contributed by atoms with Crippen LogP contribution in [0.5, 0.6) is 0 Å². The van der Waals surface area contributed by atoms with Crippen molar-refractivity contribution in [2.24, 2.45) is 4.99 Å². The van der Waals surface area contributed by atoms with Crippen LogP contribution in [0, 0.1) is 0 Å². The van der Waals surface area contributed by atoms with Crippen LogP contribution < -0.4 is 0 Å². The van der Waals surface area contributed by atoms with Crippen LogP contribution in [0.1, 0.15) is 33.6 Å². The molecule has 0 radical (unpaired) electrons. The Morgan fingerprint density at radius 2 is 2.30 bits per heavy atom. The van der Waals surface area contributed by atoms with E-state index in [2.05, 4.69) is 25.8 Å². The normalized spacial score (nSPS) is 22.1. The summed E-state index contributed by atoms with van der Waals surface area (Å²) >= 11 is 0. The third-order valence-corrected chi connectivity index (χ3v) is 1.49. The fraction of sp³-hybridized carbons (Fsp3) is 0.875. The van der Waals surface area contributed by atoms with E-state index in [0.717, 1.165) is 25.3 Å². The maximum atomic E-state index is 5.54. The Labute approximate surface area is 62.3 Å². The first-order valence-electron chi connectivity index (χ1n) is 3.86. The summed E-state index contributed by atoms with van der Waals surface area (Å²) in [5, 5.41) is 0. The van der Waals surface area contributed by atoms with Crippen LogP contribution in [-0.4, -0.2) is 18.0 Å². The summed E-state index contributed by atoms with van der Waals surface area (Å²) in [6.45, 7) is 7.10. The van der Waals surface area contributed by atoms with Gasteiger partial charge in [-0.15, -0.1) is 0 Å². The summed E-state index contributed by atoms with van der Waals surface area (Å²) in [7, 11) is 0. The highest BCUT2D eigenvalue weighted by Gasteiger charge is 2.26. The average Bonchev–Trinajstić information content (AvgIpc) is 2.12. The van der Waals surface area contributed by atoms with Gasteiger partial charge in [-0.05, 0) is 20.3 Å². The van der Waals surface area contributed by atoms with Crippen molar-refractivity contribution >= 4 is 5.90 Å². The molecule has 0 aromatic heterocycles. The van der Waals surface area contributed by atoms with E-state index in [0.29, 0.717) is 0 Å². The first kappa shape index (κ1) is 7.58. The highest BCUT2D eigenvalue weighted by molar-refractivity contribution is 5.77. The predicted molar refractivity (Wildman–Crippen MR) is 42.4 cm³/mol. The summed E-state index contributed by atoms with van der Waals surface area (Å²) in [5.74, 6) is 0.938. The summed E-state index contributed by atoms with van der Waals surface area (Å²) in [5.41, 5.74) is -0.0372. The predicted octanol–water partition coefficient (Wildman–Crippen LogP) is 1.99.